The summed E-state index contributed by atoms with van der Waals surface area (Å²) >= 11 is 0. The molecule has 1 atom stereocenters. The van der Waals surface area contributed by atoms with Crippen molar-refractivity contribution in [2.45, 2.75) is 61.9 Å². The van der Waals surface area contributed by atoms with Crippen molar-refractivity contribution in [2.75, 3.05) is 13.6 Å². The third-order valence-corrected chi connectivity index (χ3v) is 7.53. The van der Waals surface area contributed by atoms with E-state index < -0.39 is 10.0 Å². The van der Waals surface area contributed by atoms with Crippen molar-refractivity contribution in [1.82, 2.24) is 9.62 Å². The molecular weight excluding hydrogens is 350 g/mol. The monoisotopic (exact) mass is 379 g/mol. The van der Waals surface area contributed by atoms with Crippen LogP contribution in [-0.2, 0) is 10.0 Å². The van der Waals surface area contributed by atoms with Crippen molar-refractivity contribution in [3.05, 3.63) is 29.8 Å². The molecule has 0 aliphatic heterocycles. The summed E-state index contributed by atoms with van der Waals surface area (Å²) in [4.78, 5) is 12.7. The molecule has 2 saturated carbocycles. The first-order valence-electron chi connectivity index (χ1n) is 9.52. The number of nitrogens with one attached hydrogen (secondary N) is 1. The Morgan fingerprint density at radius 2 is 1.92 bits per heavy atom. The molecule has 1 aromatic rings. The zero-order valence-corrected chi connectivity index (χ0v) is 16.2. The molecule has 0 aromatic heterocycles. The van der Waals surface area contributed by atoms with Gasteiger partial charge in [0.1, 0.15) is 0 Å². The fourth-order valence-corrected chi connectivity index (χ4v) is 5.19. The van der Waals surface area contributed by atoms with E-state index in [1.54, 1.807) is 25.2 Å². The maximum Gasteiger partial charge on any atom is 0.251 e. The largest absolute Gasteiger partial charge is 0.348 e. The number of hydrogen-bond donors (Lipinski definition) is 2. The van der Waals surface area contributed by atoms with Crippen LogP contribution in [-0.4, -0.2) is 44.3 Å². The van der Waals surface area contributed by atoms with Gasteiger partial charge in [0.15, 0.2) is 0 Å². The predicted molar refractivity (Wildman–Crippen MR) is 101 cm³/mol. The van der Waals surface area contributed by atoms with Gasteiger partial charge in [-0.1, -0.05) is 25.3 Å². The predicted octanol–water partition coefficient (Wildman–Crippen LogP) is 2.11. The molecule has 0 spiro atoms. The van der Waals surface area contributed by atoms with Crippen molar-refractivity contribution in [1.29, 1.82) is 0 Å². The fourth-order valence-electron chi connectivity index (χ4n) is 3.72. The molecule has 2 aliphatic carbocycles. The zero-order chi connectivity index (χ0) is 18.7. The number of carbonyl (C=O) groups is 1. The van der Waals surface area contributed by atoms with E-state index in [9.17, 15) is 13.2 Å². The van der Waals surface area contributed by atoms with Gasteiger partial charge in [0.2, 0.25) is 10.0 Å². The van der Waals surface area contributed by atoms with E-state index in [0.29, 0.717) is 18.0 Å². The number of hydrogen-bond acceptors (Lipinski definition) is 4. The van der Waals surface area contributed by atoms with Crippen LogP contribution in [0.4, 0.5) is 0 Å². The lowest BCUT2D eigenvalue weighted by Gasteiger charge is -2.30. The molecule has 144 valence electrons. The standard InChI is InChI=1S/C19H29N3O3S/c1-22(16-7-3-2-4-8-16)26(24,25)17-9-5-6-15(12-17)19(23)21-18(13-20)14-10-11-14/h5-6,9,12,14,16,18H,2-4,7-8,10-11,13,20H2,1H3,(H,21,23). The highest BCUT2D eigenvalue weighted by Gasteiger charge is 2.32. The van der Waals surface area contributed by atoms with Gasteiger partial charge in [0.25, 0.3) is 5.91 Å². The Balaban J connectivity index is 1.75. The lowest BCUT2D eigenvalue weighted by molar-refractivity contribution is 0.0933. The van der Waals surface area contributed by atoms with E-state index in [2.05, 4.69) is 5.32 Å². The second-order valence-electron chi connectivity index (χ2n) is 7.49. The Labute approximate surface area is 156 Å². The van der Waals surface area contributed by atoms with Gasteiger partial charge < -0.3 is 11.1 Å². The Hall–Kier alpha value is -1.44. The number of carbonyl (C=O) groups excluding carboxylic acids is 1. The Bertz CT molecular complexity index is 740. The highest BCUT2D eigenvalue weighted by atomic mass is 32.2. The highest BCUT2D eigenvalue weighted by molar-refractivity contribution is 7.89. The summed E-state index contributed by atoms with van der Waals surface area (Å²) < 4.78 is 27.4. The molecule has 0 heterocycles. The molecule has 3 N–H and O–H groups in total. The lowest BCUT2D eigenvalue weighted by Crippen LogP contribution is -2.42. The number of sulfonamides is 1. The molecule has 7 heteroatoms. The molecule has 1 unspecified atom stereocenters. The molecule has 1 aromatic carbocycles. The van der Waals surface area contributed by atoms with Crippen LogP contribution in [0.2, 0.25) is 0 Å². The third kappa shape index (κ3) is 4.27. The van der Waals surface area contributed by atoms with Crippen molar-refractivity contribution in [3.8, 4) is 0 Å². The second-order valence-corrected chi connectivity index (χ2v) is 9.49. The van der Waals surface area contributed by atoms with E-state index in [4.69, 9.17) is 5.73 Å². The van der Waals surface area contributed by atoms with Crippen molar-refractivity contribution < 1.29 is 13.2 Å². The third-order valence-electron chi connectivity index (χ3n) is 5.62. The first kappa shape index (κ1) is 19.3. The summed E-state index contributed by atoms with van der Waals surface area (Å²) in [6.07, 6.45) is 7.27. The van der Waals surface area contributed by atoms with Gasteiger partial charge in [-0.05, 0) is 49.8 Å². The Morgan fingerprint density at radius 3 is 2.54 bits per heavy atom. The van der Waals surface area contributed by atoms with Crippen LogP contribution in [0, 0.1) is 5.92 Å². The smallest absolute Gasteiger partial charge is 0.251 e. The molecule has 2 fully saturated rings. The van der Waals surface area contributed by atoms with Crippen LogP contribution in [0.25, 0.3) is 0 Å². The van der Waals surface area contributed by atoms with Crippen molar-refractivity contribution >= 4 is 15.9 Å². The Kier molecular flexibility index (Phi) is 5.99. The number of nitrogens with two attached hydrogens (primary N) is 1. The van der Waals surface area contributed by atoms with Crippen molar-refractivity contribution in [3.63, 3.8) is 0 Å². The van der Waals surface area contributed by atoms with Gasteiger partial charge >= 0.3 is 0 Å². The topological polar surface area (TPSA) is 92.5 Å². The van der Waals surface area contributed by atoms with Gasteiger partial charge in [-0.25, -0.2) is 8.42 Å². The molecule has 3 rings (SSSR count). The molecule has 26 heavy (non-hydrogen) atoms. The molecule has 0 bridgehead atoms. The molecule has 0 radical (unpaired) electrons. The summed E-state index contributed by atoms with van der Waals surface area (Å²) in [5.74, 6) is 0.193. The minimum atomic E-state index is -3.60. The van der Waals surface area contributed by atoms with E-state index in [1.807, 2.05) is 0 Å². The van der Waals surface area contributed by atoms with Gasteiger partial charge in [-0.3, -0.25) is 4.79 Å². The SMILES string of the molecule is CN(C1CCCCC1)S(=O)(=O)c1cccc(C(=O)NC(CN)C2CC2)c1. The normalized spacial score (nSPS) is 20.1. The quantitative estimate of drug-likeness (QED) is 0.759. The van der Waals surface area contributed by atoms with Crippen molar-refractivity contribution in [2.24, 2.45) is 11.7 Å². The van der Waals surface area contributed by atoms with Crippen LogP contribution in [0.3, 0.4) is 0 Å². The van der Waals surface area contributed by atoms with Crippen LogP contribution < -0.4 is 11.1 Å². The summed E-state index contributed by atoms with van der Waals surface area (Å²) in [6.45, 7) is 0.402. The number of rotatable bonds is 7. The van der Waals surface area contributed by atoms with Crippen LogP contribution in [0.5, 0.6) is 0 Å². The number of nitrogens with zero attached hydrogens (tertiary/aromatic N) is 1. The van der Waals surface area contributed by atoms with E-state index >= 15 is 0 Å². The van der Waals surface area contributed by atoms with Gasteiger partial charge in [0, 0.05) is 31.2 Å². The minimum absolute atomic E-state index is 0.0346. The minimum Gasteiger partial charge on any atom is -0.348 e. The number of benzene rings is 1. The highest BCUT2D eigenvalue weighted by Crippen LogP contribution is 2.32. The molecule has 0 saturated heterocycles. The van der Waals surface area contributed by atoms with Crippen LogP contribution >= 0.6 is 0 Å². The molecule has 1 amide bonds. The molecule has 2 aliphatic rings. The van der Waals surface area contributed by atoms with Crippen LogP contribution in [0.1, 0.15) is 55.3 Å². The average molecular weight is 380 g/mol. The van der Waals surface area contributed by atoms with E-state index in [0.717, 1.165) is 38.5 Å². The summed E-state index contributed by atoms with van der Waals surface area (Å²) in [6, 6.07) is 6.33. The van der Waals surface area contributed by atoms with Crippen LogP contribution in [0.15, 0.2) is 29.2 Å². The van der Waals surface area contributed by atoms with Gasteiger partial charge in [-0.15, -0.1) is 0 Å². The maximum absolute atomic E-state index is 13.0. The summed E-state index contributed by atoms with van der Waals surface area (Å²) in [7, 11) is -1.96. The van der Waals surface area contributed by atoms with Gasteiger partial charge in [0.05, 0.1) is 4.90 Å². The lowest BCUT2D eigenvalue weighted by atomic mass is 9.96. The number of amides is 1. The first-order chi connectivity index (χ1) is 12.4. The van der Waals surface area contributed by atoms with E-state index in [-0.39, 0.29) is 22.9 Å². The van der Waals surface area contributed by atoms with E-state index in [1.165, 1.54) is 16.8 Å². The summed E-state index contributed by atoms with van der Waals surface area (Å²) in [5.41, 5.74) is 6.11. The average Bonchev–Trinajstić information content (AvgIpc) is 3.51. The van der Waals surface area contributed by atoms with Gasteiger partial charge in [-0.2, -0.15) is 4.31 Å². The maximum atomic E-state index is 13.0. The Morgan fingerprint density at radius 1 is 1.23 bits per heavy atom. The fraction of sp³-hybridized carbons (Fsp3) is 0.632. The first-order valence-corrected chi connectivity index (χ1v) is 11.0. The summed E-state index contributed by atoms with van der Waals surface area (Å²) in [5, 5.41) is 2.94. The molecule has 6 nitrogen and oxygen atoms in total. The zero-order valence-electron chi connectivity index (χ0n) is 15.4. The molecular formula is C19H29N3O3S. The second kappa shape index (κ2) is 8.06.